The second kappa shape index (κ2) is 14.4. The Morgan fingerprint density at radius 3 is 2.06 bits per heavy atom. The monoisotopic (exact) mass is 729 g/mol. The van der Waals surface area contributed by atoms with Crippen LogP contribution < -0.4 is 10.5 Å². The molecule has 2 N–H and O–H groups in total. The maximum atomic E-state index is 12.8. The first-order valence-electron chi connectivity index (χ1n) is 16.8. The molecule has 1 saturated heterocycles. The minimum atomic E-state index is -2.50. The number of hydrogen-bond donors (Lipinski definition) is 1. The second-order valence-corrected chi connectivity index (χ2v) is 19.2. The smallest absolute Gasteiger partial charge is 0.303 e. The number of benzene rings is 3. The third kappa shape index (κ3) is 7.11. The number of fused-ring (bicyclic) bond motifs is 1. The summed E-state index contributed by atoms with van der Waals surface area (Å²) < 4.78 is 34.5. The van der Waals surface area contributed by atoms with Crippen molar-refractivity contribution in [3.8, 4) is 5.75 Å². The van der Waals surface area contributed by atoms with E-state index >= 15 is 0 Å². The molecule has 0 aliphatic carbocycles. The molecule has 1 fully saturated rings. The fourth-order valence-corrected chi connectivity index (χ4v) is 7.72. The number of halogens is 1. The number of nitrogens with zero attached hydrogens (tertiary/aromatic N) is 4. The molecule has 268 valence electrons. The molecular formula is C38H44ClN5O6Si. The van der Waals surface area contributed by atoms with Crippen LogP contribution in [0.1, 0.15) is 50.6 Å². The maximum absolute atomic E-state index is 12.8. The molecule has 6 rings (SSSR count). The van der Waals surface area contributed by atoms with Gasteiger partial charge < -0.3 is 29.1 Å². The molecule has 3 aromatic carbocycles. The number of nitrogen functional groups attached to an aromatic ring is 1. The Morgan fingerprint density at radius 2 is 1.51 bits per heavy atom. The molecule has 1 aliphatic heterocycles. The molecule has 1 unspecified atom stereocenters. The number of imidazole rings is 1. The zero-order valence-electron chi connectivity index (χ0n) is 29.9. The van der Waals surface area contributed by atoms with E-state index in [4.69, 9.17) is 40.7 Å². The number of anilines is 1. The van der Waals surface area contributed by atoms with Crippen molar-refractivity contribution >= 4 is 42.9 Å². The van der Waals surface area contributed by atoms with Crippen molar-refractivity contribution in [2.24, 2.45) is 0 Å². The highest BCUT2D eigenvalue weighted by molar-refractivity contribution is 6.74. The number of ether oxygens (including phenoxy) is 4. The molecule has 0 spiro atoms. The Kier molecular flexibility index (Phi) is 10.3. The Hall–Kier alpha value is -4.33. The van der Waals surface area contributed by atoms with Crippen molar-refractivity contribution < 1.29 is 28.2 Å². The number of nitrogens with two attached hydrogens (primary N) is 1. The highest BCUT2D eigenvalue weighted by Gasteiger charge is 2.54. The van der Waals surface area contributed by atoms with E-state index in [-0.39, 0.29) is 22.7 Å². The molecule has 0 amide bonds. The van der Waals surface area contributed by atoms with Crippen LogP contribution in [0.15, 0.2) is 91.3 Å². The third-order valence-electron chi connectivity index (χ3n) is 9.84. The third-order valence-corrected chi connectivity index (χ3v) is 14.5. The van der Waals surface area contributed by atoms with Crippen molar-refractivity contribution in [3.63, 3.8) is 0 Å². The minimum Gasteiger partial charge on any atom is -0.497 e. The minimum absolute atomic E-state index is 0.00609. The van der Waals surface area contributed by atoms with Gasteiger partial charge in [-0.1, -0.05) is 93.6 Å². The molecule has 5 aromatic rings. The van der Waals surface area contributed by atoms with Gasteiger partial charge in [-0.05, 0) is 58.6 Å². The lowest BCUT2D eigenvalue weighted by Gasteiger charge is -2.40. The van der Waals surface area contributed by atoms with Gasteiger partial charge in [0.05, 0.1) is 20.0 Å². The number of esters is 1. The van der Waals surface area contributed by atoms with Crippen LogP contribution >= 0.6 is 11.6 Å². The van der Waals surface area contributed by atoms with Gasteiger partial charge >= 0.3 is 5.97 Å². The molecular weight excluding hydrogens is 686 g/mol. The van der Waals surface area contributed by atoms with Crippen molar-refractivity contribution in [2.45, 2.75) is 76.0 Å². The van der Waals surface area contributed by atoms with E-state index in [1.165, 1.54) is 6.92 Å². The van der Waals surface area contributed by atoms with E-state index in [1.807, 2.05) is 84.9 Å². The topological polar surface area (TPSA) is 133 Å². The molecule has 3 heterocycles. The lowest BCUT2D eigenvalue weighted by molar-refractivity contribution is -0.155. The quantitative estimate of drug-likeness (QED) is 0.0639. The first-order chi connectivity index (χ1) is 24.2. The molecule has 2 aromatic heterocycles. The van der Waals surface area contributed by atoms with Crippen LogP contribution in [-0.4, -0.2) is 65.8 Å². The standard InChI is InChI=1S/C38H44ClN5O6Si/c1-24(45)48-31-29(49-35(32(31)50-51(6,7)37(2,3)4)44-23-41-30-33(40)42-36(39)43-34(30)44)22-47-38(25-14-10-8-11-15-25,26-16-12-9-13-17-26)27-18-20-28(46-5)21-19-27/h8-21,23,29,31-32,35H,22H2,1-7H3,(H2,40,42,43)/t29-,31+,32?,35-/m1/s1. The lowest BCUT2D eigenvalue weighted by atomic mass is 9.80. The van der Waals surface area contributed by atoms with E-state index < -0.39 is 44.4 Å². The lowest BCUT2D eigenvalue weighted by Crippen LogP contribution is -2.50. The maximum Gasteiger partial charge on any atom is 0.303 e. The summed E-state index contributed by atoms with van der Waals surface area (Å²) >= 11 is 6.28. The molecule has 4 atom stereocenters. The van der Waals surface area contributed by atoms with Crippen LogP contribution in [0.25, 0.3) is 11.2 Å². The highest BCUT2D eigenvalue weighted by atomic mass is 35.5. The summed E-state index contributed by atoms with van der Waals surface area (Å²) in [5.74, 6) is 0.374. The SMILES string of the molecule is COc1ccc(C(OC[C@H]2O[C@@H](n3cnc4c(N)nc(Cl)nc43)C(O[Si](C)(C)C(C)(C)C)[C@H]2OC(C)=O)(c2ccccc2)c2ccccc2)cc1. The molecule has 0 radical (unpaired) electrons. The van der Waals surface area contributed by atoms with Gasteiger partial charge in [-0.3, -0.25) is 9.36 Å². The summed E-state index contributed by atoms with van der Waals surface area (Å²) in [4.78, 5) is 25.8. The van der Waals surface area contributed by atoms with Crippen molar-refractivity contribution in [2.75, 3.05) is 19.5 Å². The van der Waals surface area contributed by atoms with Crippen molar-refractivity contribution in [3.05, 3.63) is 113 Å². The van der Waals surface area contributed by atoms with Crippen LogP contribution in [0.5, 0.6) is 5.75 Å². The molecule has 11 nitrogen and oxygen atoms in total. The van der Waals surface area contributed by atoms with E-state index in [0.29, 0.717) is 16.9 Å². The van der Waals surface area contributed by atoms with Gasteiger partial charge in [-0.2, -0.15) is 9.97 Å². The number of carbonyl (C=O) groups is 1. The first-order valence-corrected chi connectivity index (χ1v) is 20.1. The highest BCUT2D eigenvalue weighted by Crippen LogP contribution is 2.46. The van der Waals surface area contributed by atoms with Gasteiger partial charge in [0.15, 0.2) is 32.1 Å². The average molecular weight is 730 g/mol. The summed E-state index contributed by atoms with van der Waals surface area (Å²) in [5.41, 5.74) is 8.50. The molecule has 0 bridgehead atoms. The fourth-order valence-electron chi connectivity index (χ4n) is 6.27. The Bertz CT molecular complexity index is 1930. The van der Waals surface area contributed by atoms with Gasteiger partial charge in [0.25, 0.3) is 0 Å². The summed E-state index contributed by atoms with van der Waals surface area (Å²) in [5, 5.41) is -0.211. The first kappa shape index (κ1) is 36.5. The zero-order chi connectivity index (χ0) is 36.6. The number of carbonyl (C=O) groups excluding carboxylic acids is 1. The van der Waals surface area contributed by atoms with Gasteiger partial charge in [0.1, 0.15) is 29.1 Å². The molecule has 13 heteroatoms. The largest absolute Gasteiger partial charge is 0.497 e. The van der Waals surface area contributed by atoms with E-state index in [1.54, 1.807) is 18.0 Å². The second-order valence-electron chi connectivity index (χ2n) is 14.1. The van der Waals surface area contributed by atoms with Gasteiger partial charge in [0.2, 0.25) is 5.28 Å². The van der Waals surface area contributed by atoms with Gasteiger partial charge in [-0.25, -0.2) is 4.98 Å². The van der Waals surface area contributed by atoms with Crippen LogP contribution in [0.3, 0.4) is 0 Å². The molecule has 1 aliphatic rings. The Balaban J connectivity index is 1.48. The Morgan fingerprint density at radius 1 is 0.922 bits per heavy atom. The zero-order valence-corrected chi connectivity index (χ0v) is 31.6. The summed E-state index contributed by atoms with van der Waals surface area (Å²) in [6.45, 7) is 12.1. The van der Waals surface area contributed by atoms with E-state index in [2.05, 4.69) is 48.8 Å². The van der Waals surface area contributed by atoms with Gasteiger partial charge in [-0.15, -0.1) is 0 Å². The van der Waals surface area contributed by atoms with Crippen molar-refractivity contribution in [1.82, 2.24) is 19.5 Å². The number of rotatable bonds is 11. The summed E-state index contributed by atoms with van der Waals surface area (Å²) in [6.07, 6.45) is -1.68. The van der Waals surface area contributed by atoms with Crippen LogP contribution in [0, 0.1) is 0 Å². The number of aromatic nitrogens is 4. The number of methoxy groups -OCH3 is 1. The molecule has 51 heavy (non-hydrogen) atoms. The van der Waals surface area contributed by atoms with Crippen LogP contribution in [-0.2, 0) is 29.0 Å². The summed E-state index contributed by atoms with van der Waals surface area (Å²) in [6, 6.07) is 27.8. The Labute approximate surface area is 304 Å². The fraction of sp³-hybridized carbons (Fsp3) is 0.368. The number of hydrogen-bond acceptors (Lipinski definition) is 10. The average Bonchev–Trinajstić information content (AvgIpc) is 3.66. The van der Waals surface area contributed by atoms with Gasteiger partial charge in [0, 0.05) is 6.92 Å². The van der Waals surface area contributed by atoms with E-state index in [0.717, 1.165) is 16.7 Å². The van der Waals surface area contributed by atoms with Crippen LogP contribution in [0.4, 0.5) is 5.82 Å². The summed E-state index contributed by atoms with van der Waals surface area (Å²) in [7, 11) is -0.869. The predicted molar refractivity (Wildman–Crippen MR) is 198 cm³/mol. The van der Waals surface area contributed by atoms with E-state index in [9.17, 15) is 4.79 Å². The van der Waals surface area contributed by atoms with Crippen molar-refractivity contribution in [1.29, 1.82) is 0 Å². The van der Waals surface area contributed by atoms with Crippen LogP contribution in [0.2, 0.25) is 23.4 Å². The predicted octanol–water partition coefficient (Wildman–Crippen LogP) is 7.30. The normalized spacial score (nSPS) is 19.7. The molecule has 0 saturated carbocycles.